The van der Waals surface area contributed by atoms with Gasteiger partial charge in [-0.05, 0) is 48.9 Å². The number of nitrogens with one attached hydrogen (secondary N) is 1. The molecule has 1 N–H and O–H groups in total. The molecular weight excluding hydrogens is 232 g/mol. The Kier molecular flexibility index (Phi) is 3.77. The fraction of sp³-hybridized carbons (Fsp3) is 0.214. The van der Waals surface area contributed by atoms with Crippen LogP contribution in [0.5, 0.6) is 0 Å². The summed E-state index contributed by atoms with van der Waals surface area (Å²) in [6.45, 7) is 2.07. The van der Waals surface area contributed by atoms with Crippen LogP contribution in [-0.4, -0.2) is 12.0 Å². The first-order valence-corrected chi connectivity index (χ1v) is 5.93. The van der Waals surface area contributed by atoms with E-state index in [-0.39, 0.29) is 6.04 Å². The lowest BCUT2D eigenvalue weighted by atomic mass is 9.97. The van der Waals surface area contributed by atoms with Crippen LogP contribution in [0.4, 0.5) is 0 Å². The third-order valence-electron chi connectivity index (χ3n) is 2.85. The van der Waals surface area contributed by atoms with E-state index < -0.39 is 0 Å². The molecule has 1 aromatic carbocycles. The second-order valence-corrected chi connectivity index (χ2v) is 4.45. The van der Waals surface area contributed by atoms with E-state index in [4.69, 9.17) is 11.6 Å². The van der Waals surface area contributed by atoms with Gasteiger partial charge in [0.15, 0.2) is 0 Å². The van der Waals surface area contributed by atoms with Crippen LogP contribution in [0, 0.1) is 6.92 Å². The maximum atomic E-state index is 6.03. The molecule has 1 atom stereocenters. The zero-order chi connectivity index (χ0) is 12.3. The van der Waals surface area contributed by atoms with Gasteiger partial charge in [-0.2, -0.15) is 0 Å². The second-order valence-electron chi connectivity index (χ2n) is 4.01. The molecule has 0 radical (unpaired) electrons. The van der Waals surface area contributed by atoms with E-state index in [0.29, 0.717) is 0 Å². The van der Waals surface area contributed by atoms with Gasteiger partial charge < -0.3 is 5.32 Å². The third kappa shape index (κ3) is 2.65. The first kappa shape index (κ1) is 12.1. The van der Waals surface area contributed by atoms with Gasteiger partial charge in [-0.1, -0.05) is 23.7 Å². The number of benzene rings is 1. The van der Waals surface area contributed by atoms with Crippen molar-refractivity contribution in [2.75, 3.05) is 7.05 Å². The van der Waals surface area contributed by atoms with Gasteiger partial charge >= 0.3 is 0 Å². The van der Waals surface area contributed by atoms with Crippen molar-refractivity contribution in [2.24, 2.45) is 0 Å². The zero-order valence-corrected chi connectivity index (χ0v) is 10.7. The van der Waals surface area contributed by atoms with E-state index >= 15 is 0 Å². The van der Waals surface area contributed by atoms with Crippen LogP contribution in [0.15, 0.2) is 42.7 Å². The van der Waals surface area contributed by atoms with Gasteiger partial charge in [-0.25, -0.2) is 0 Å². The molecular formula is C14H15ClN2. The highest BCUT2D eigenvalue weighted by Crippen LogP contribution is 2.25. The minimum atomic E-state index is 0.150. The minimum Gasteiger partial charge on any atom is -0.309 e. The lowest BCUT2D eigenvalue weighted by Gasteiger charge is -2.19. The Morgan fingerprint density at radius 3 is 2.76 bits per heavy atom. The smallest absolute Gasteiger partial charge is 0.0578 e. The average Bonchev–Trinajstić information content (AvgIpc) is 2.33. The molecule has 1 aromatic heterocycles. The number of rotatable bonds is 3. The predicted octanol–water partition coefficient (Wildman–Crippen LogP) is 3.35. The topological polar surface area (TPSA) is 24.9 Å². The summed E-state index contributed by atoms with van der Waals surface area (Å²) in [6, 6.07) is 10.1. The highest BCUT2D eigenvalue weighted by atomic mass is 35.5. The summed E-state index contributed by atoms with van der Waals surface area (Å²) >= 11 is 6.03. The zero-order valence-electron chi connectivity index (χ0n) is 9.94. The average molecular weight is 247 g/mol. The maximum absolute atomic E-state index is 6.03. The number of hydrogen-bond acceptors (Lipinski definition) is 2. The fourth-order valence-electron chi connectivity index (χ4n) is 2.00. The van der Waals surface area contributed by atoms with Crippen LogP contribution in [0.2, 0.25) is 5.02 Å². The van der Waals surface area contributed by atoms with E-state index in [1.165, 1.54) is 11.1 Å². The molecule has 1 unspecified atom stereocenters. The van der Waals surface area contributed by atoms with Gasteiger partial charge in [-0.15, -0.1) is 0 Å². The van der Waals surface area contributed by atoms with Crippen molar-refractivity contribution >= 4 is 11.6 Å². The molecule has 0 aliphatic heterocycles. The summed E-state index contributed by atoms with van der Waals surface area (Å²) in [5.74, 6) is 0. The molecule has 17 heavy (non-hydrogen) atoms. The van der Waals surface area contributed by atoms with E-state index in [2.05, 4.69) is 23.3 Å². The van der Waals surface area contributed by atoms with Crippen molar-refractivity contribution in [2.45, 2.75) is 13.0 Å². The van der Waals surface area contributed by atoms with Crippen molar-refractivity contribution in [3.8, 4) is 0 Å². The Morgan fingerprint density at radius 1 is 1.29 bits per heavy atom. The molecule has 1 heterocycles. The molecule has 0 amide bonds. The quantitative estimate of drug-likeness (QED) is 0.899. The Morgan fingerprint density at radius 2 is 2.12 bits per heavy atom. The molecule has 2 aromatic rings. The Hall–Kier alpha value is -1.38. The maximum Gasteiger partial charge on any atom is 0.0578 e. The molecule has 2 rings (SSSR count). The summed E-state index contributed by atoms with van der Waals surface area (Å²) in [7, 11) is 1.95. The predicted molar refractivity (Wildman–Crippen MR) is 71.3 cm³/mol. The van der Waals surface area contributed by atoms with Crippen LogP contribution >= 0.6 is 11.6 Å². The van der Waals surface area contributed by atoms with Gasteiger partial charge in [-0.3, -0.25) is 4.98 Å². The van der Waals surface area contributed by atoms with E-state index in [1.54, 1.807) is 0 Å². The van der Waals surface area contributed by atoms with Gasteiger partial charge in [0.2, 0.25) is 0 Å². The van der Waals surface area contributed by atoms with Crippen LogP contribution < -0.4 is 5.32 Å². The number of aromatic nitrogens is 1. The first-order chi connectivity index (χ1) is 8.22. The SMILES string of the molecule is CNC(c1cccc(Cl)c1)c1ccncc1C. The highest BCUT2D eigenvalue weighted by Gasteiger charge is 2.13. The van der Waals surface area contributed by atoms with Crippen LogP contribution in [0.3, 0.4) is 0 Å². The van der Waals surface area contributed by atoms with E-state index in [1.807, 2.05) is 43.7 Å². The molecule has 88 valence electrons. The number of hydrogen-bond donors (Lipinski definition) is 1. The molecule has 0 saturated carbocycles. The molecule has 0 aliphatic rings. The van der Waals surface area contributed by atoms with E-state index in [0.717, 1.165) is 10.6 Å². The van der Waals surface area contributed by atoms with Crippen molar-refractivity contribution in [1.82, 2.24) is 10.3 Å². The largest absolute Gasteiger partial charge is 0.309 e. The van der Waals surface area contributed by atoms with Crippen LogP contribution in [0.25, 0.3) is 0 Å². The van der Waals surface area contributed by atoms with Crippen LogP contribution in [-0.2, 0) is 0 Å². The molecule has 0 spiro atoms. The Labute approximate surface area is 107 Å². The second kappa shape index (κ2) is 5.30. The van der Waals surface area contributed by atoms with Gasteiger partial charge in [0.25, 0.3) is 0 Å². The minimum absolute atomic E-state index is 0.150. The molecule has 2 nitrogen and oxygen atoms in total. The summed E-state index contributed by atoms with van der Waals surface area (Å²) in [5, 5.41) is 4.08. The monoisotopic (exact) mass is 246 g/mol. The summed E-state index contributed by atoms with van der Waals surface area (Å²) in [6.07, 6.45) is 3.70. The first-order valence-electron chi connectivity index (χ1n) is 5.55. The molecule has 0 bridgehead atoms. The normalized spacial score (nSPS) is 12.4. The number of halogens is 1. The summed E-state index contributed by atoms with van der Waals surface area (Å²) < 4.78 is 0. The Bertz CT molecular complexity index is 511. The van der Waals surface area contributed by atoms with Crippen LogP contribution in [0.1, 0.15) is 22.7 Å². The Balaban J connectivity index is 2.44. The molecule has 0 fully saturated rings. The van der Waals surface area contributed by atoms with Gasteiger partial charge in [0, 0.05) is 17.4 Å². The fourth-order valence-corrected chi connectivity index (χ4v) is 2.19. The van der Waals surface area contributed by atoms with Gasteiger partial charge in [0.05, 0.1) is 6.04 Å². The number of nitrogens with zero attached hydrogens (tertiary/aromatic N) is 1. The van der Waals surface area contributed by atoms with Crippen molar-refractivity contribution < 1.29 is 0 Å². The third-order valence-corrected chi connectivity index (χ3v) is 3.08. The van der Waals surface area contributed by atoms with Crippen molar-refractivity contribution in [3.63, 3.8) is 0 Å². The lowest BCUT2D eigenvalue weighted by molar-refractivity contribution is 0.686. The summed E-state index contributed by atoms with van der Waals surface area (Å²) in [5.41, 5.74) is 3.56. The number of aryl methyl sites for hydroxylation is 1. The molecule has 0 saturated heterocycles. The lowest BCUT2D eigenvalue weighted by Crippen LogP contribution is -2.18. The van der Waals surface area contributed by atoms with E-state index in [9.17, 15) is 0 Å². The standard InChI is InChI=1S/C14H15ClN2/c1-10-9-17-7-6-13(10)14(16-2)11-4-3-5-12(15)8-11/h3-9,14,16H,1-2H3. The number of pyridine rings is 1. The van der Waals surface area contributed by atoms with Crippen molar-refractivity contribution in [1.29, 1.82) is 0 Å². The summed E-state index contributed by atoms with van der Waals surface area (Å²) in [4.78, 5) is 4.12. The highest BCUT2D eigenvalue weighted by molar-refractivity contribution is 6.30. The molecule has 3 heteroatoms. The molecule has 0 aliphatic carbocycles. The van der Waals surface area contributed by atoms with Gasteiger partial charge in [0.1, 0.15) is 0 Å². The van der Waals surface area contributed by atoms with Crippen molar-refractivity contribution in [3.05, 3.63) is 64.4 Å².